The molecule has 2 N–H and O–H groups in total. The predicted molar refractivity (Wildman–Crippen MR) is 73.8 cm³/mol. The summed E-state index contributed by atoms with van der Waals surface area (Å²) in [5.41, 5.74) is 3.11. The molecular weight excluding hydrogens is 256 g/mol. The van der Waals surface area contributed by atoms with Gasteiger partial charge < -0.3 is 0 Å². The van der Waals surface area contributed by atoms with Gasteiger partial charge in [0.05, 0.1) is 6.61 Å². The standard InChI is InChI=1S/C14H18N4O2/c1-14(2,3)13-15-11(16-17-13)12(19)18-20-9-10-7-5-4-6-8-10/h4-8H,9H2,1-3H3,(H,18,19)(H,15,16,17). The van der Waals surface area contributed by atoms with E-state index in [9.17, 15) is 4.79 Å². The molecule has 20 heavy (non-hydrogen) atoms. The van der Waals surface area contributed by atoms with E-state index in [1.807, 2.05) is 51.1 Å². The zero-order valence-electron chi connectivity index (χ0n) is 11.8. The van der Waals surface area contributed by atoms with Crippen LogP contribution in [0, 0.1) is 0 Å². The van der Waals surface area contributed by atoms with Crippen LogP contribution < -0.4 is 5.48 Å². The van der Waals surface area contributed by atoms with Gasteiger partial charge in [-0.25, -0.2) is 10.5 Å². The fourth-order valence-electron chi connectivity index (χ4n) is 1.50. The summed E-state index contributed by atoms with van der Waals surface area (Å²) in [5.74, 6) is 0.265. The van der Waals surface area contributed by atoms with Crippen LogP contribution in [0.15, 0.2) is 30.3 Å². The third kappa shape index (κ3) is 3.64. The summed E-state index contributed by atoms with van der Waals surface area (Å²) < 4.78 is 0. The molecule has 0 fully saturated rings. The lowest BCUT2D eigenvalue weighted by Crippen LogP contribution is -2.25. The number of hydrogen-bond donors (Lipinski definition) is 2. The fraction of sp³-hybridized carbons (Fsp3) is 0.357. The lowest BCUT2D eigenvalue weighted by atomic mass is 9.96. The van der Waals surface area contributed by atoms with Crippen molar-refractivity contribution in [3.05, 3.63) is 47.5 Å². The van der Waals surface area contributed by atoms with Crippen LogP contribution >= 0.6 is 0 Å². The highest BCUT2D eigenvalue weighted by Crippen LogP contribution is 2.17. The summed E-state index contributed by atoms with van der Waals surface area (Å²) >= 11 is 0. The third-order valence-corrected chi connectivity index (χ3v) is 2.65. The molecule has 2 rings (SSSR count). The van der Waals surface area contributed by atoms with Crippen molar-refractivity contribution in [3.63, 3.8) is 0 Å². The molecule has 0 saturated carbocycles. The average molecular weight is 274 g/mol. The van der Waals surface area contributed by atoms with E-state index in [1.165, 1.54) is 0 Å². The van der Waals surface area contributed by atoms with Crippen LogP contribution in [0.3, 0.4) is 0 Å². The monoisotopic (exact) mass is 274 g/mol. The number of carbonyl (C=O) groups excluding carboxylic acids is 1. The largest absolute Gasteiger partial charge is 0.314 e. The van der Waals surface area contributed by atoms with Gasteiger partial charge in [0.15, 0.2) is 0 Å². The Bertz CT molecular complexity index is 572. The topological polar surface area (TPSA) is 79.9 Å². The molecule has 1 heterocycles. The van der Waals surface area contributed by atoms with Crippen molar-refractivity contribution in [3.8, 4) is 0 Å². The zero-order chi connectivity index (χ0) is 14.6. The van der Waals surface area contributed by atoms with Gasteiger partial charge in [-0.3, -0.25) is 14.7 Å². The minimum absolute atomic E-state index is 0.0722. The first kappa shape index (κ1) is 14.2. The molecule has 106 valence electrons. The Morgan fingerprint density at radius 1 is 1.30 bits per heavy atom. The van der Waals surface area contributed by atoms with Crippen LogP contribution in [-0.2, 0) is 16.9 Å². The number of H-pyrrole nitrogens is 1. The van der Waals surface area contributed by atoms with Crippen LogP contribution in [0.5, 0.6) is 0 Å². The van der Waals surface area contributed by atoms with Gasteiger partial charge in [0, 0.05) is 5.41 Å². The molecule has 0 unspecified atom stereocenters. The van der Waals surface area contributed by atoms with Crippen molar-refractivity contribution in [1.29, 1.82) is 0 Å². The molecule has 1 amide bonds. The molecular formula is C14H18N4O2. The summed E-state index contributed by atoms with van der Waals surface area (Å²) in [6.07, 6.45) is 0. The number of nitrogens with zero attached hydrogens (tertiary/aromatic N) is 2. The molecule has 0 aliphatic heterocycles. The van der Waals surface area contributed by atoms with E-state index < -0.39 is 5.91 Å². The molecule has 0 spiro atoms. The maximum Gasteiger partial charge on any atom is 0.314 e. The van der Waals surface area contributed by atoms with Gasteiger partial charge in [-0.1, -0.05) is 51.1 Å². The van der Waals surface area contributed by atoms with E-state index in [0.29, 0.717) is 12.4 Å². The van der Waals surface area contributed by atoms with Gasteiger partial charge in [0.1, 0.15) is 5.82 Å². The predicted octanol–water partition coefficient (Wildman–Crippen LogP) is 1.96. The Balaban J connectivity index is 1.88. The Morgan fingerprint density at radius 2 is 2.00 bits per heavy atom. The van der Waals surface area contributed by atoms with Crippen molar-refractivity contribution in [2.75, 3.05) is 0 Å². The molecule has 0 aliphatic rings. The van der Waals surface area contributed by atoms with Crippen LogP contribution in [0.25, 0.3) is 0 Å². The molecule has 2 aromatic rings. The molecule has 0 atom stereocenters. The number of aromatic amines is 1. The van der Waals surface area contributed by atoms with Crippen LogP contribution in [0.4, 0.5) is 0 Å². The number of amides is 1. The van der Waals surface area contributed by atoms with E-state index in [4.69, 9.17) is 4.84 Å². The molecule has 0 aliphatic carbocycles. The highest BCUT2D eigenvalue weighted by molar-refractivity contribution is 5.89. The van der Waals surface area contributed by atoms with Gasteiger partial charge in [0.2, 0.25) is 5.82 Å². The van der Waals surface area contributed by atoms with Crippen molar-refractivity contribution < 1.29 is 9.63 Å². The first-order chi connectivity index (χ1) is 9.47. The summed E-state index contributed by atoms with van der Waals surface area (Å²) in [6, 6.07) is 9.56. The molecule has 6 nitrogen and oxygen atoms in total. The highest BCUT2D eigenvalue weighted by atomic mass is 16.6. The SMILES string of the molecule is CC(C)(C)c1nc(C(=O)NOCc2ccccc2)n[nH]1. The van der Waals surface area contributed by atoms with E-state index in [2.05, 4.69) is 20.7 Å². The van der Waals surface area contributed by atoms with Crippen molar-refractivity contribution in [1.82, 2.24) is 20.7 Å². The lowest BCUT2D eigenvalue weighted by molar-refractivity contribution is 0.0225. The van der Waals surface area contributed by atoms with Gasteiger partial charge >= 0.3 is 5.91 Å². The minimum Gasteiger partial charge on any atom is -0.269 e. The fourth-order valence-corrected chi connectivity index (χ4v) is 1.50. The number of rotatable bonds is 4. The molecule has 1 aromatic heterocycles. The quantitative estimate of drug-likeness (QED) is 0.835. The number of carbonyl (C=O) groups is 1. The number of hydroxylamine groups is 1. The Morgan fingerprint density at radius 3 is 2.60 bits per heavy atom. The van der Waals surface area contributed by atoms with Crippen LogP contribution in [0.1, 0.15) is 42.8 Å². The minimum atomic E-state index is -0.465. The summed E-state index contributed by atoms with van der Waals surface area (Å²) in [4.78, 5) is 21.1. The highest BCUT2D eigenvalue weighted by Gasteiger charge is 2.21. The number of nitrogens with one attached hydrogen (secondary N) is 2. The van der Waals surface area contributed by atoms with Crippen LogP contribution in [0.2, 0.25) is 0 Å². The molecule has 0 saturated heterocycles. The maximum atomic E-state index is 11.8. The molecule has 0 bridgehead atoms. The number of aromatic nitrogens is 3. The lowest BCUT2D eigenvalue weighted by Gasteiger charge is -2.12. The Kier molecular flexibility index (Phi) is 4.14. The van der Waals surface area contributed by atoms with Crippen LogP contribution in [-0.4, -0.2) is 21.1 Å². The number of hydrogen-bond acceptors (Lipinski definition) is 4. The summed E-state index contributed by atoms with van der Waals surface area (Å²) in [6.45, 7) is 6.26. The average Bonchev–Trinajstić information content (AvgIpc) is 2.89. The Labute approximate surface area is 117 Å². The molecule has 6 heteroatoms. The van der Waals surface area contributed by atoms with Crippen molar-refractivity contribution in [2.24, 2.45) is 0 Å². The maximum absolute atomic E-state index is 11.8. The first-order valence-corrected chi connectivity index (χ1v) is 6.36. The van der Waals surface area contributed by atoms with E-state index in [-0.39, 0.29) is 11.2 Å². The van der Waals surface area contributed by atoms with Crippen molar-refractivity contribution >= 4 is 5.91 Å². The smallest absolute Gasteiger partial charge is 0.269 e. The van der Waals surface area contributed by atoms with Gasteiger partial charge in [-0.15, -0.1) is 5.10 Å². The van der Waals surface area contributed by atoms with E-state index in [0.717, 1.165) is 5.56 Å². The molecule has 1 aromatic carbocycles. The molecule has 0 radical (unpaired) electrons. The van der Waals surface area contributed by atoms with Gasteiger partial charge in [0.25, 0.3) is 0 Å². The summed E-state index contributed by atoms with van der Waals surface area (Å²) in [5, 5.41) is 6.64. The normalized spacial score (nSPS) is 11.3. The second-order valence-corrected chi connectivity index (χ2v) is 5.46. The number of benzene rings is 1. The first-order valence-electron chi connectivity index (χ1n) is 6.36. The van der Waals surface area contributed by atoms with E-state index >= 15 is 0 Å². The third-order valence-electron chi connectivity index (χ3n) is 2.65. The van der Waals surface area contributed by atoms with Crippen molar-refractivity contribution in [2.45, 2.75) is 32.8 Å². The Hall–Kier alpha value is -2.21. The second-order valence-electron chi connectivity index (χ2n) is 5.46. The van der Waals surface area contributed by atoms with Gasteiger partial charge in [-0.05, 0) is 5.56 Å². The zero-order valence-corrected chi connectivity index (χ0v) is 11.8. The van der Waals surface area contributed by atoms with Gasteiger partial charge in [-0.2, -0.15) is 0 Å². The second kappa shape index (κ2) is 5.83. The van der Waals surface area contributed by atoms with E-state index in [1.54, 1.807) is 0 Å². The summed E-state index contributed by atoms with van der Waals surface area (Å²) in [7, 11) is 0.